The normalized spacial score (nSPS) is 10.3. The molecule has 0 aliphatic carbocycles. The number of anilines is 3. The van der Waals surface area contributed by atoms with Gasteiger partial charge in [0.05, 0.1) is 7.11 Å². The molecule has 0 spiro atoms. The minimum Gasteiger partial charge on any atom is -0.496 e. The van der Waals surface area contributed by atoms with Gasteiger partial charge < -0.3 is 15.4 Å². The average Bonchev–Trinajstić information content (AvgIpc) is 2.48. The Hall–Kier alpha value is -2.30. The molecule has 0 amide bonds. The monoisotopic (exact) mass is 286 g/mol. The maximum absolute atomic E-state index is 5.28. The lowest BCUT2D eigenvalue weighted by atomic mass is 10.1. The SMILES string of the molecule is CCNc1ncnc(Nc2ccc(OC)c(C)c2)c1CC. The van der Waals surface area contributed by atoms with Crippen molar-refractivity contribution in [3.05, 3.63) is 35.7 Å². The molecule has 2 N–H and O–H groups in total. The number of hydrogen-bond donors (Lipinski definition) is 2. The van der Waals surface area contributed by atoms with Crippen LogP contribution in [0.4, 0.5) is 17.3 Å². The van der Waals surface area contributed by atoms with Crippen LogP contribution in [0, 0.1) is 6.92 Å². The number of nitrogens with zero attached hydrogens (tertiary/aromatic N) is 2. The summed E-state index contributed by atoms with van der Waals surface area (Å²) in [6.07, 6.45) is 2.44. The molecule has 5 nitrogen and oxygen atoms in total. The van der Waals surface area contributed by atoms with Gasteiger partial charge in [0.25, 0.3) is 0 Å². The third kappa shape index (κ3) is 3.42. The topological polar surface area (TPSA) is 59.1 Å². The predicted molar refractivity (Wildman–Crippen MR) is 86.6 cm³/mol. The van der Waals surface area contributed by atoms with Crippen LogP contribution in [0.15, 0.2) is 24.5 Å². The van der Waals surface area contributed by atoms with Gasteiger partial charge >= 0.3 is 0 Å². The van der Waals surface area contributed by atoms with Crippen LogP contribution in [0.5, 0.6) is 5.75 Å². The van der Waals surface area contributed by atoms with E-state index in [-0.39, 0.29) is 0 Å². The standard InChI is InChI=1S/C16H22N4O/c1-5-13-15(17-6-2)18-10-19-16(13)20-12-7-8-14(21-4)11(3)9-12/h7-10H,5-6H2,1-4H3,(H2,17,18,19,20). The van der Waals surface area contributed by atoms with E-state index in [0.717, 1.165) is 47.2 Å². The van der Waals surface area contributed by atoms with Crippen LogP contribution in [-0.4, -0.2) is 23.6 Å². The summed E-state index contributed by atoms with van der Waals surface area (Å²) in [5.41, 5.74) is 3.17. The van der Waals surface area contributed by atoms with Crippen LogP contribution in [0.3, 0.4) is 0 Å². The van der Waals surface area contributed by atoms with Crippen molar-refractivity contribution in [1.82, 2.24) is 9.97 Å². The minimum absolute atomic E-state index is 0.838. The summed E-state index contributed by atoms with van der Waals surface area (Å²) in [6, 6.07) is 5.99. The lowest BCUT2D eigenvalue weighted by Gasteiger charge is -2.14. The maximum atomic E-state index is 5.28. The minimum atomic E-state index is 0.838. The van der Waals surface area contributed by atoms with Crippen LogP contribution in [0.2, 0.25) is 0 Å². The van der Waals surface area contributed by atoms with Gasteiger partial charge in [-0.15, -0.1) is 0 Å². The van der Waals surface area contributed by atoms with Crippen molar-refractivity contribution in [1.29, 1.82) is 0 Å². The van der Waals surface area contributed by atoms with E-state index in [1.165, 1.54) is 0 Å². The number of methoxy groups -OCH3 is 1. The molecule has 21 heavy (non-hydrogen) atoms. The van der Waals surface area contributed by atoms with Gasteiger partial charge in [0.2, 0.25) is 0 Å². The Morgan fingerprint density at radius 2 is 1.90 bits per heavy atom. The van der Waals surface area contributed by atoms with Gasteiger partial charge in [0.1, 0.15) is 23.7 Å². The molecule has 0 aliphatic heterocycles. The van der Waals surface area contributed by atoms with Crippen molar-refractivity contribution in [3.63, 3.8) is 0 Å². The summed E-state index contributed by atoms with van der Waals surface area (Å²) in [6.45, 7) is 7.02. The molecule has 2 rings (SSSR count). The largest absolute Gasteiger partial charge is 0.496 e. The third-order valence-electron chi connectivity index (χ3n) is 3.30. The molecule has 0 aliphatic rings. The summed E-state index contributed by atoms with van der Waals surface area (Å²) in [5.74, 6) is 2.61. The Kier molecular flexibility index (Phi) is 4.98. The van der Waals surface area contributed by atoms with Crippen LogP contribution in [-0.2, 0) is 6.42 Å². The van der Waals surface area contributed by atoms with Crippen LogP contribution >= 0.6 is 0 Å². The van der Waals surface area contributed by atoms with E-state index in [1.54, 1.807) is 13.4 Å². The number of benzene rings is 1. The Morgan fingerprint density at radius 1 is 1.14 bits per heavy atom. The van der Waals surface area contributed by atoms with E-state index in [2.05, 4.69) is 34.4 Å². The van der Waals surface area contributed by atoms with E-state index in [0.29, 0.717) is 0 Å². The van der Waals surface area contributed by atoms with Crippen LogP contribution in [0.25, 0.3) is 0 Å². The Balaban J connectivity index is 2.30. The number of hydrogen-bond acceptors (Lipinski definition) is 5. The Labute approximate surface area is 125 Å². The first kappa shape index (κ1) is 15.1. The molecule has 0 radical (unpaired) electrons. The number of aryl methyl sites for hydroxylation is 1. The fourth-order valence-electron chi connectivity index (χ4n) is 2.27. The molecular formula is C16H22N4O. The van der Waals surface area contributed by atoms with E-state index in [1.807, 2.05) is 25.1 Å². The van der Waals surface area contributed by atoms with Crippen molar-refractivity contribution in [2.75, 3.05) is 24.3 Å². The molecule has 0 atom stereocenters. The van der Waals surface area contributed by atoms with Crippen molar-refractivity contribution < 1.29 is 4.74 Å². The highest BCUT2D eigenvalue weighted by molar-refractivity contribution is 5.66. The lowest BCUT2D eigenvalue weighted by molar-refractivity contribution is 0.412. The molecule has 2 aromatic rings. The van der Waals surface area contributed by atoms with E-state index >= 15 is 0 Å². The van der Waals surface area contributed by atoms with E-state index in [9.17, 15) is 0 Å². The van der Waals surface area contributed by atoms with Gasteiger partial charge in [-0.2, -0.15) is 0 Å². The fourth-order valence-corrected chi connectivity index (χ4v) is 2.27. The number of ether oxygens (including phenoxy) is 1. The first-order valence-electron chi connectivity index (χ1n) is 7.19. The quantitative estimate of drug-likeness (QED) is 0.850. The molecule has 0 saturated carbocycles. The zero-order valence-corrected chi connectivity index (χ0v) is 13.0. The second-order valence-electron chi connectivity index (χ2n) is 4.74. The van der Waals surface area contributed by atoms with Gasteiger partial charge in [-0.1, -0.05) is 6.92 Å². The van der Waals surface area contributed by atoms with Gasteiger partial charge in [-0.3, -0.25) is 0 Å². The van der Waals surface area contributed by atoms with Gasteiger partial charge in [-0.05, 0) is 44.0 Å². The summed E-state index contributed by atoms with van der Waals surface area (Å²) in [5, 5.41) is 6.64. The van der Waals surface area contributed by atoms with Crippen LogP contribution < -0.4 is 15.4 Å². The maximum Gasteiger partial charge on any atom is 0.139 e. The van der Waals surface area contributed by atoms with E-state index in [4.69, 9.17) is 4.74 Å². The zero-order valence-electron chi connectivity index (χ0n) is 13.0. The summed E-state index contributed by atoms with van der Waals surface area (Å²) in [4.78, 5) is 8.67. The first-order chi connectivity index (χ1) is 10.2. The fraction of sp³-hybridized carbons (Fsp3) is 0.375. The van der Waals surface area contributed by atoms with Gasteiger partial charge in [0.15, 0.2) is 0 Å². The zero-order chi connectivity index (χ0) is 15.2. The van der Waals surface area contributed by atoms with Gasteiger partial charge in [0, 0.05) is 17.8 Å². The van der Waals surface area contributed by atoms with Gasteiger partial charge in [-0.25, -0.2) is 9.97 Å². The Morgan fingerprint density at radius 3 is 2.52 bits per heavy atom. The second-order valence-corrected chi connectivity index (χ2v) is 4.74. The molecule has 0 unspecified atom stereocenters. The smallest absolute Gasteiger partial charge is 0.139 e. The summed E-state index contributed by atoms with van der Waals surface area (Å²) < 4.78 is 5.28. The van der Waals surface area contributed by atoms with Crippen molar-refractivity contribution in [2.24, 2.45) is 0 Å². The molecule has 0 bridgehead atoms. The number of aromatic nitrogens is 2. The van der Waals surface area contributed by atoms with Crippen molar-refractivity contribution in [2.45, 2.75) is 27.2 Å². The summed E-state index contributed by atoms with van der Waals surface area (Å²) in [7, 11) is 1.68. The number of nitrogens with one attached hydrogen (secondary N) is 2. The van der Waals surface area contributed by atoms with Crippen molar-refractivity contribution in [3.8, 4) is 5.75 Å². The van der Waals surface area contributed by atoms with E-state index < -0.39 is 0 Å². The Bertz CT molecular complexity index is 613. The molecule has 0 fully saturated rings. The second kappa shape index (κ2) is 6.92. The molecule has 1 heterocycles. The summed E-state index contributed by atoms with van der Waals surface area (Å²) >= 11 is 0. The van der Waals surface area contributed by atoms with Crippen molar-refractivity contribution >= 4 is 17.3 Å². The molecule has 0 saturated heterocycles. The average molecular weight is 286 g/mol. The first-order valence-corrected chi connectivity index (χ1v) is 7.19. The highest BCUT2D eigenvalue weighted by atomic mass is 16.5. The third-order valence-corrected chi connectivity index (χ3v) is 3.30. The lowest BCUT2D eigenvalue weighted by Crippen LogP contribution is -2.07. The molecule has 5 heteroatoms. The molecule has 1 aromatic carbocycles. The molecular weight excluding hydrogens is 264 g/mol. The molecule has 1 aromatic heterocycles. The number of rotatable bonds is 6. The van der Waals surface area contributed by atoms with Crippen LogP contribution in [0.1, 0.15) is 25.0 Å². The molecule has 112 valence electrons. The highest BCUT2D eigenvalue weighted by Gasteiger charge is 2.10. The highest BCUT2D eigenvalue weighted by Crippen LogP contribution is 2.27. The predicted octanol–water partition coefficient (Wildman–Crippen LogP) is 3.53.